The molecule has 0 fully saturated rings. The van der Waals surface area contributed by atoms with E-state index >= 15 is 0 Å². The van der Waals surface area contributed by atoms with E-state index < -0.39 is 0 Å². The molecule has 0 spiro atoms. The molecule has 1 N–H and O–H groups in total. The van der Waals surface area contributed by atoms with Gasteiger partial charge in [-0.15, -0.1) is 11.3 Å². The predicted octanol–water partition coefficient (Wildman–Crippen LogP) is 6.06. The van der Waals surface area contributed by atoms with Gasteiger partial charge in [0.25, 0.3) is 0 Å². The lowest BCUT2D eigenvalue weighted by atomic mass is 9.88. The van der Waals surface area contributed by atoms with E-state index in [4.69, 9.17) is 17.0 Å². The minimum atomic E-state index is -0.299. The molecule has 2 aromatic carbocycles. The summed E-state index contributed by atoms with van der Waals surface area (Å²) in [6.45, 7) is 2.89. The lowest BCUT2D eigenvalue weighted by Gasteiger charge is -2.26. The van der Waals surface area contributed by atoms with E-state index in [9.17, 15) is 4.79 Å². The van der Waals surface area contributed by atoms with Crippen LogP contribution in [0.1, 0.15) is 39.7 Å². The summed E-state index contributed by atoms with van der Waals surface area (Å²) in [6, 6.07) is 20.3. The van der Waals surface area contributed by atoms with Crippen molar-refractivity contribution in [3.63, 3.8) is 0 Å². The molecule has 0 radical (unpaired) electrons. The van der Waals surface area contributed by atoms with Gasteiger partial charge >= 0.3 is 5.97 Å². The van der Waals surface area contributed by atoms with Crippen LogP contribution in [0.2, 0.25) is 0 Å². The number of carbonyl (C=O) groups excluding carboxylic acids is 1. The van der Waals surface area contributed by atoms with Gasteiger partial charge in [-0.2, -0.15) is 0 Å². The molecule has 1 aromatic heterocycles. The standard InChI is InChI=1S/C25H26N2O2S2/c1-17-13-14-20-21(15-17)31-23(22(20)24(28)29-2)26-25(30)27(19-11-7-4-8-12-19)16-18-9-5-3-6-10-18/h3-12,17H,13-16H2,1-2H3,(H,26,30). The maximum Gasteiger partial charge on any atom is 0.341 e. The number of ether oxygens (including phenoxy) is 1. The number of thiophene rings is 1. The first-order chi connectivity index (χ1) is 15.1. The van der Waals surface area contributed by atoms with Gasteiger partial charge in [0.1, 0.15) is 5.00 Å². The first-order valence-electron chi connectivity index (χ1n) is 10.5. The molecule has 31 heavy (non-hydrogen) atoms. The molecule has 0 saturated carbocycles. The smallest absolute Gasteiger partial charge is 0.341 e. The van der Waals surface area contributed by atoms with Crippen molar-refractivity contribution in [3.8, 4) is 0 Å². The number of hydrogen-bond acceptors (Lipinski definition) is 4. The molecule has 3 aromatic rings. The Kier molecular flexibility index (Phi) is 6.68. The SMILES string of the molecule is COC(=O)c1c(NC(=S)N(Cc2ccccc2)c2ccccc2)sc2c1CCC(C)C2. The third-order valence-corrected chi connectivity index (χ3v) is 7.11. The molecule has 1 unspecified atom stereocenters. The fourth-order valence-corrected chi connectivity index (χ4v) is 5.71. The fourth-order valence-electron chi connectivity index (χ4n) is 3.98. The molecule has 1 aliphatic rings. The summed E-state index contributed by atoms with van der Waals surface area (Å²) in [5, 5.41) is 4.74. The van der Waals surface area contributed by atoms with Gasteiger partial charge in [-0.05, 0) is 60.7 Å². The quantitative estimate of drug-likeness (QED) is 0.378. The van der Waals surface area contributed by atoms with E-state index in [1.165, 1.54) is 12.0 Å². The summed E-state index contributed by atoms with van der Waals surface area (Å²) in [4.78, 5) is 16.0. The molecule has 4 nitrogen and oxygen atoms in total. The first kappa shape index (κ1) is 21.5. The zero-order valence-electron chi connectivity index (χ0n) is 17.8. The lowest BCUT2D eigenvalue weighted by Crippen LogP contribution is -2.34. The molecule has 6 heteroatoms. The van der Waals surface area contributed by atoms with Crippen LogP contribution in [-0.2, 0) is 24.1 Å². The Morgan fingerprint density at radius 3 is 2.52 bits per heavy atom. The van der Waals surface area contributed by atoms with Gasteiger partial charge in [-0.1, -0.05) is 55.5 Å². The number of fused-ring (bicyclic) bond motifs is 1. The molecule has 160 valence electrons. The largest absolute Gasteiger partial charge is 0.465 e. The van der Waals surface area contributed by atoms with Crippen molar-refractivity contribution < 1.29 is 9.53 Å². The summed E-state index contributed by atoms with van der Waals surface area (Å²) in [5.41, 5.74) is 3.92. The van der Waals surface area contributed by atoms with Crippen molar-refractivity contribution in [1.82, 2.24) is 0 Å². The van der Waals surface area contributed by atoms with Crippen LogP contribution in [0.25, 0.3) is 0 Å². The Morgan fingerprint density at radius 2 is 1.84 bits per heavy atom. The molecule has 0 saturated heterocycles. The molecular weight excluding hydrogens is 424 g/mol. The highest BCUT2D eigenvalue weighted by Gasteiger charge is 2.29. The van der Waals surface area contributed by atoms with Crippen molar-refractivity contribution >= 4 is 45.3 Å². The number of anilines is 2. The van der Waals surface area contributed by atoms with Crippen LogP contribution >= 0.6 is 23.6 Å². The lowest BCUT2D eigenvalue weighted by molar-refractivity contribution is 0.0601. The Morgan fingerprint density at radius 1 is 1.16 bits per heavy atom. The normalized spacial score (nSPS) is 15.1. The second-order valence-corrected chi connectivity index (χ2v) is 9.38. The van der Waals surface area contributed by atoms with Crippen LogP contribution in [0.15, 0.2) is 60.7 Å². The number of thiocarbonyl (C=S) groups is 1. The first-order valence-corrected chi connectivity index (χ1v) is 11.7. The highest BCUT2D eigenvalue weighted by molar-refractivity contribution is 7.80. The molecule has 0 bridgehead atoms. The van der Waals surface area contributed by atoms with Crippen LogP contribution in [0.5, 0.6) is 0 Å². The number of para-hydroxylation sites is 1. The number of nitrogens with zero attached hydrogens (tertiary/aromatic N) is 1. The number of nitrogens with one attached hydrogen (secondary N) is 1. The number of hydrogen-bond donors (Lipinski definition) is 1. The number of benzene rings is 2. The fraction of sp³-hybridized carbons (Fsp3) is 0.280. The van der Waals surface area contributed by atoms with E-state index in [2.05, 4.69) is 29.3 Å². The van der Waals surface area contributed by atoms with Crippen LogP contribution < -0.4 is 10.2 Å². The monoisotopic (exact) mass is 450 g/mol. The van der Waals surface area contributed by atoms with Gasteiger partial charge < -0.3 is 15.0 Å². The maximum absolute atomic E-state index is 12.6. The number of esters is 1. The van der Waals surface area contributed by atoms with E-state index in [1.807, 2.05) is 48.5 Å². The van der Waals surface area contributed by atoms with Crippen molar-refractivity contribution in [1.29, 1.82) is 0 Å². The van der Waals surface area contributed by atoms with E-state index in [-0.39, 0.29) is 5.97 Å². The second kappa shape index (κ2) is 9.62. The second-order valence-electron chi connectivity index (χ2n) is 7.88. The Balaban J connectivity index is 1.66. The highest BCUT2D eigenvalue weighted by Crippen LogP contribution is 2.40. The third kappa shape index (κ3) is 4.81. The van der Waals surface area contributed by atoms with Gasteiger partial charge in [0.2, 0.25) is 0 Å². The zero-order chi connectivity index (χ0) is 21.8. The average molecular weight is 451 g/mol. The third-order valence-electron chi connectivity index (χ3n) is 5.62. The molecular formula is C25H26N2O2S2. The Bertz CT molecular complexity index is 1060. The summed E-state index contributed by atoms with van der Waals surface area (Å²) in [6.07, 6.45) is 2.98. The van der Waals surface area contributed by atoms with Gasteiger partial charge in [-0.3, -0.25) is 0 Å². The number of methoxy groups -OCH3 is 1. The van der Waals surface area contributed by atoms with Gasteiger partial charge in [0.15, 0.2) is 5.11 Å². The van der Waals surface area contributed by atoms with Crippen molar-refractivity contribution in [2.75, 3.05) is 17.3 Å². The Hall–Kier alpha value is -2.70. The molecule has 1 aliphatic carbocycles. The predicted molar refractivity (Wildman–Crippen MR) is 132 cm³/mol. The summed E-state index contributed by atoms with van der Waals surface area (Å²) >= 11 is 7.48. The minimum Gasteiger partial charge on any atom is -0.465 e. The van der Waals surface area contributed by atoms with Gasteiger partial charge in [0.05, 0.1) is 19.2 Å². The van der Waals surface area contributed by atoms with Crippen molar-refractivity contribution in [2.24, 2.45) is 5.92 Å². The molecule has 0 amide bonds. The molecule has 4 rings (SSSR count). The van der Waals surface area contributed by atoms with Gasteiger partial charge in [0, 0.05) is 10.6 Å². The Labute approximate surface area is 192 Å². The van der Waals surface area contributed by atoms with Crippen LogP contribution in [-0.4, -0.2) is 18.2 Å². The molecule has 1 heterocycles. The summed E-state index contributed by atoms with van der Waals surface area (Å²) < 4.78 is 5.12. The zero-order valence-corrected chi connectivity index (χ0v) is 19.4. The summed E-state index contributed by atoms with van der Waals surface area (Å²) in [7, 11) is 1.44. The summed E-state index contributed by atoms with van der Waals surface area (Å²) in [5.74, 6) is 0.321. The molecule has 0 aliphatic heterocycles. The minimum absolute atomic E-state index is 0.299. The van der Waals surface area contributed by atoms with E-state index in [1.54, 1.807) is 11.3 Å². The number of carbonyl (C=O) groups is 1. The number of rotatable bonds is 5. The van der Waals surface area contributed by atoms with Crippen molar-refractivity contribution in [2.45, 2.75) is 32.7 Å². The van der Waals surface area contributed by atoms with Crippen LogP contribution in [0, 0.1) is 5.92 Å². The van der Waals surface area contributed by atoms with Crippen LogP contribution in [0.3, 0.4) is 0 Å². The van der Waals surface area contributed by atoms with Crippen molar-refractivity contribution in [3.05, 3.63) is 82.2 Å². The van der Waals surface area contributed by atoms with Crippen LogP contribution in [0.4, 0.5) is 10.7 Å². The van der Waals surface area contributed by atoms with E-state index in [0.29, 0.717) is 23.1 Å². The molecule has 1 atom stereocenters. The highest BCUT2D eigenvalue weighted by atomic mass is 32.1. The topological polar surface area (TPSA) is 41.6 Å². The average Bonchev–Trinajstić information content (AvgIpc) is 3.14. The van der Waals surface area contributed by atoms with Gasteiger partial charge in [-0.25, -0.2) is 4.79 Å². The van der Waals surface area contributed by atoms with E-state index in [0.717, 1.165) is 41.1 Å². The maximum atomic E-state index is 12.6.